The Balaban J connectivity index is 1.39. The maximum atomic E-state index is 11.3. The minimum absolute atomic E-state index is 0.0236. The first-order valence-electron chi connectivity index (χ1n) is 9.07. The quantitative estimate of drug-likeness (QED) is 0.775. The monoisotopic (exact) mass is 354 g/mol. The first kappa shape index (κ1) is 18.4. The first-order valence-corrected chi connectivity index (χ1v) is 9.07. The molecule has 2 aromatic carbocycles. The van der Waals surface area contributed by atoms with Crippen LogP contribution in [0.1, 0.15) is 22.8 Å². The Kier molecular flexibility index (Phi) is 6.26. The van der Waals surface area contributed by atoms with Gasteiger partial charge in [0, 0.05) is 45.3 Å². The highest BCUT2D eigenvalue weighted by Gasteiger charge is 2.16. The van der Waals surface area contributed by atoms with E-state index in [9.17, 15) is 9.90 Å². The molecule has 0 spiro atoms. The number of phenolic OH excluding ortho intramolecular Hbond substituents is 1. The fourth-order valence-corrected chi connectivity index (χ4v) is 3.20. The van der Waals surface area contributed by atoms with Crippen LogP contribution in [0.15, 0.2) is 48.5 Å². The van der Waals surface area contributed by atoms with Crippen LogP contribution in [0.3, 0.4) is 0 Å². The second kappa shape index (κ2) is 8.83. The molecule has 5 heteroatoms. The number of Topliss-reactive ketones (excluding diaryl/α,β-unsaturated/α-hetero) is 1. The molecule has 1 heterocycles. The molecule has 0 bridgehead atoms. The SMILES string of the molecule is CC(=O)c1ccc(OCCN2CCN(Cc3ccccc3)CC2)cc1O. The molecule has 1 aliphatic heterocycles. The molecule has 2 aromatic rings. The summed E-state index contributed by atoms with van der Waals surface area (Å²) < 4.78 is 5.72. The van der Waals surface area contributed by atoms with Crippen LogP contribution in [0, 0.1) is 0 Å². The highest BCUT2D eigenvalue weighted by Crippen LogP contribution is 2.24. The second-order valence-electron chi connectivity index (χ2n) is 6.69. The van der Waals surface area contributed by atoms with Crippen LogP contribution in [0.5, 0.6) is 11.5 Å². The van der Waals surface area contributed by atoms with Crippen LogP contribution >= 0.6 is 0 Å². The van der Waals surface area contributed by atoms with E-state index in [1.54, 1.807) is 12.1 Å². The Morgan fingerprint density at radius 3 is 2.38 bits per heavy atom. The number of nitrogens with zero attached hydrogens (tertiary/aromatic N) is 2. The summed E-state index contributed by atoms with van der Waals surface area (Å²) >= 11 is 0. The molecule has 0 aromatic heterocycles. The van der Waals surface area contributed by atoms with Gasteiger partial charge in [0.25, 0.3) is 0 Å². The summed E-state index contributed by atoms with van der Waals surface area (Å²) in [5.41, 5.74) is 1.69. The number of hydrogen-bond acceptors (Lipinski definition) is 5. The standard InChI is InChI=1S/C21H26N2O3/c1-17(24)20-8-7-19(15-21(20)25)26-14-13-22-9-11-23(12-10-22)16-18-5-3-2-4-6-18/h2-8,15,25H,9-14,16H2,1H3. The number of aromatic hydroxyl groups is 1. The van der Waals surface area contributed by atoms with Crippen molar-refractivity contribution in [2.75, 3.05) is 39.3 Å². The van der Waals surface area contributed by atoms with Gasteiger partial charge in [-0.3, -0.25) is 14.6 Å². The van der Waals surface area contributed by atoms with Gasteiger partial charge in [0.2, 0.25) is 0 Å². The van der Waals surface area contributed by atoms with Gasteiger partial charge >= 0.3 is 0 Å². The Hall–Kier alpha value is -2.37. The summed E-state index contributed by atoms with van der Waals surface area (Å²) in [7, 11) is 0. The van der Waals surface area contributed by atoms with E-state index in [-0.39, 0.29) is 11.5 Å². The number of benzene rings is 2. The van der Waals surface area contributed by atoms with Gasteiger partial charge in [-0.05, 0) is 24.6 Å². The van der Waals surface area contributed by atoms with E-state index in [1.165, 1.54) is 18.6 Å². The van der Waals surface area contributed by atoms with Gasteiger partial charge in [0.05, 0.1) is 5.56 Å². The fraction of sp³-hybridized carbons (Fsp3) is 0.381. The zero-order chi connectivity index (χ0) is 18.4. The fourth-order valence-electron chi connectivity index (χ4n) is 3.20. The van der Waals surface area contributed by atoms with Gasteiger partial charge < -0.3 is 9.84 Å². The highest BCUT2D eigenvalue weighted by atomic mass is 16.5. The van der Waals surface area contributed by atoms with Gasteiger partial charge in [0.15, 0.2) is 5.78 Å². The molecular weight excluding hydrogens is 328 g/mol. The van der Waals surface area contributed by atoms with E-state index in [0.29, 0.717) is 17.9 Å². The van der Waals surface area contributed by atoms with Crippen LogP contribution in [-0.4, -0.2) is 60.0 Å². The molecule has 138 valence electrons. The second-order valence-corrected chi connectivity index (χ2v) is 6.69. The largest absolute Gasteiger partial charge is 0.507 e. The zero-order valence-corrected chi connectivity index (χ0v) is 15.2. The van der Waals surface area contributed by atoms with Crippen molar-refractivity contribution in [3.05, 3.63) is 59.7 Å². The summed E-state index contributed by atoms with van der Waals surface area (Å²) in [5, 5.41) is 9.84. The number of piperazine rings is 1. The lowest BCUT2D eigenvalue weighted by Crippen LogP contribution is -2.47. The molecule has 1 N–H and O–H groups in total. The summed E-state index contributed by atoms with van der Waals surface area (Å²) in [6, 6.07) is 15.4. The van der Waals surface area contributed by atoms with Gasteiger partial charge in [-0.15, -0.1) is 0 Å². The third-order valence-corrected chi connectivity index (χ3v) is 4.74. The molecule has 0 unspecified atom stereocenters. The van der Waals surface area contributed by atoms with E-state index >= 15 is 0 Å². The Labute approximate surface area is 154 Å². The topological polar surface area (TPSA) is 53.0 Å². The highest BCUT2D eigenvalue weighted by molar-refractivity contribution is 5.96. The number of ether oxygens (including phenoxy) is 1. The van der Waals surface area contributed by atoms with Gasteiger partial charge in [-0.1, -0.05) is 30.3 Å². The van der Waals surface area contributed by atoms with Crippen molar-refractivity contribution in [1.29, 1.82) is 0 Å². The normalized spacial score (nSPS) is 15.7. The lowest BCUT2D eigenvalue weighted by molar-refractivity contribution is 0.101. The molecular formula is C21H26N2O3. The lowest BCUT2D eigenvalue weighted by Gasteiger charge is -2.34. The minimum Gasteiger partial charge on any atom is -0.507 e. The van der Waals surface area contributed by atoms with Crippen LogP contribution in [-0.2, 0) is 6.54 Å². The number of rotatable bonds is 7. The van der Waals surface area contributed by atoms with E-state index in [2.05, 4.69) is 40.1 Å². The van der Waals surface area contributed by atoms with Crippen LogP contribution < -0.4 is 4.74 Å². The lowest BCUT2D eigenvalue weighted by atomic mass is 10.1. The summed E-state index contributed by atoms with van der Waals surface area (Å²) in [5.74, 6) is 0.419. The molecule has 5 nitrogen and oxygen atoms in total. The maximum absolute atomic E-state index is 11.3. The third kappa shape index (κ3) is 5.07. The summed E-state index contributed by atoms with van der Waals surface area (Å²) in [6.07, 6.45) is 0. The number of ketones is 1. The Morgan fingerprint density at radius 1 is 1.04 bits per heavy atom. The summed E-state index contributed by atoms with van der Waals surface area (Å²) in [4.78, 5) is 16.2. The van der Waals surface area contributed by atoms with E-state index < -0.39 is 0 Å². The van der Waals surface area contributed by atoms with Crippen molar-refractivity contribution in [3.8, 4) is 11.5 Å². The number of carbonyl (C=O) groups is 1. The summed E-state index contributed by atoms with van der Waals surface area (Å²) in [6.45, 7) is 8.05. The van der Waals surface area contributed by atoms with Crippen LogP contribution in [0.4, 0.5) is 0 Å². The number of hydrogen-bond donors (Lipinski definition) is 1. The van der Waals surface area contributed by atoms with Crippen molar-refractivity contribution in [1.82, 2.24) is 9.80 Å². The van der Waals surface area contributed by atoms with Gasteiger partial charge in [-0.2, -0.15) is 0 Å². The average Bonchev–Trinajstić information content (AvgIpc) is 2.64. The Morgan fingerprint density at radius 2 is 1.73 bits per heavy atom. The number of phenols is 1. The predicted molar refractivity (Wildman–Crippen MR) is 102 cm³/mol. The molecule has 0 saturated carbocycles. The van der Waals surface area contributed by atoms with Crippen molar-refractivity contribution >= 4 is 5.78 Å². The third-order valence-electron chi connectivity index (χ3n) is 4.74. The van der Waals surface area contributed by atoms with Crippen molar-refractivity contribution in [3.63, 3.8) is 0 Å². The molecule has 0 aliphatic carbocycles. The van der Waals surface area contributed by atoms with Crippen LogP contribution in [0.25, 0.3) is 0 Å². The molecule has 26 heavy (non-hydrogen) atoms. The van der Waals surface area contributed by atoms with E-state index in [1.807, 2.05) is 0 Å². The van der Waals surface area contributed by atoms with Crippen LogP contribution in [0.2, 0.25) is 0 Å². The van der Waals surface area contributed by atoms with Crippen molar-refractivity contribution < 1.29 is 14.6 Å². The molecule has 0 radical (unpaired) electrons. The molecule has 1 aliphatic rings. The molecule has 0 amide bonds. The molecule has 0 atom stereocenters. The van der Waals surface area contributed by atoms with Crippen molar-refractivity contribution in [2.45, 2.75) is 13.5 Å². The maximum Gasteiger partial charge on any atom is 0.163 e. The molecule has 1 saturated heterocycles. The smallest absolute Gasteiger partial charge is 0.163 e. The minimum atomic E-state index is -0.151. The van der Waals surface area contributed by atoms with Gasteiger partial charge in [0.1, 0.15) is 18.1 Å². The first-order chi connectivity index (χ1) is 12.6. The van der Waals surface area contributed by atoms with Crippen molar-refractivity contribution in [2.24, 2.45) is 0 Å². The van der Waals surface area contributed by atoms with Gasteiger partial charge in [-0.25, -0.2) is 0 Å². The number of carbonyl (C=O) groups excluding carboxylic acids is 1. The molecule has 1 fully saturated rings. The van der Waals surface area contributed by atoms with E-state index in [0.717, 1.165) is 39.3 Å². The predicted octanol–water partition coefficient (Wildman–Crippen LogP) is 2.79. The average molecular weight is 354 g/mol. The zero-order valence-electron chi connectivity index (χ0n) is 15.2. The Bertz CT molecular complexity index is 725. The van der Waals surface area contributed by atoms with E-state index in [4.69, 9.17) is 4.74 Å². The molecule has 3 rings (SSSR count).